The van der Waals surface area contributed by atoms with Crippen molar-refractivity contribution >= 4 is 12.4 Å². The van der Waals surface area contributed by atoms with E-state index in [0.717, 1.165) is 5.56 Å². The molecule has 0 saturated heterocycles. The van der Waals surface area contributed by atoms with Gasteiger partial charge in [-0.05, 0) is 25.1 Å². The van der Waals surface area contributed by atoms with Crippen LogP contribution in [0.2, 0.25) is 0 Å². The number of ether oxygens (including phenoxy) is 1. The Labute approximate surface area is 95.7 Å². The van der Waals surface area contributed by atoms with Gasteiger partial charge < -0.3 is 4.74 Å². The Hall–Kier alpha value is -1.78. The normalized spacial score (nSPS) is 19.1. The van der Waals surface area contributed by atoms with Crippen LogP contribution in [-0.4, -0.2) is 18.6 Å². The molecule has 0 radical (unpaired) electrons. The maximum atomic E-state index is 12.6. The number of aryl methyl sites for hydroxylation is 1. The summed E-state index contributed by atoms with van der Waals surface area (Å²) in [4.78, 5) is 10.7. The van der Waals surface area contributed by atoms with Crippen molar-refractivity contribution in [1.29, 1.82) is 0 Å². The molecular weight excluding hydrogens is 233 g/mol. The Morgan fingerprint density at radius 3 is 2.65 bits per heavy atom. The van der Waals surface area contributed by atoms with E-state index in [2.05, 4.69) is 0 Å². The molecular formula is C12H9F3O2. The third-order valence-corrected chi connectivity index (χ3v) is 2.47. The van der Waals surface area contributed by atoms with Gasteiger partial charge in [-0.3, -0.25) is 4.79 Å². The predicted octanol–water partition coefficient (Wildman–Crippen LogP) is 2.90. The summed E-state index contributed by atoms with van der Waals surface area (Å²) in [6.07, 6.45) is -5.36. The Bertz CT molecular complexity index is 489. The van der Waals surface area contributed by atoms with Gasteiger partial charge in [0, 0.05) is 11.1 Å². The second-order valence-corrected chi connectivity index (χ2v) is 3.84. The van der Waals surface area contributed by atoms with Crippen LogP contribution in [0.1, 0.15) is 11.1 Å². The monoisotopic (exact) mass is 242 g/mol. The standard InChI is InChI=1S/C12H9F3O2/c1-7-2-3-10-8(4-7)5-9(6-16)11(17-10)12(13,14)15/h2-6,11H,1H3/t11-/m0/s1. The van der Waals surface area contributed by atoms with Crippen molar-refractivity contribution in [3.8, 4) is 5.75 Å². The number of benzene rings is 1. The topological polar surface area (TPSA) is 26.3 Å². The smallest absolute Gasteiger partial charge is 0.429 e. The van der Waals surface area contributed by atoms with Gasteiger partial charge in [-0.25, -0.2) is 0 Å². The maximum absolute atomic E-state index is 12.6. The average molecular weight is 242 g/mol. The van der Waals surface area contributed by atoms with Crippen molar-refractivity contribution in [2.24, 2.45) is 0 Å². The molecule has 1 aliphatic rings. The van der Waals surface area contributed by atoms with Crippen LogP contribution >= 0.6 is 0 Å². The lowest BCUT2D eigenvalue weighted by molar-refractivity contribution is -0.184. The highest BCUT2D eigenvalue weighted by molar-refractivity contribution is 5.85. The number of rotatable bonds is 1. The lowest BCUT2D eigenvalue weighted by atomic mass is 10.0. The van der Waals surface area contributed by atoms with Crippen LogP contribution in [0.3, 0.4) is 0 Å². The molecule has 0 N–H and O–H groups in total. The largest absolute Gasteiger partial charge is 0.475 e. The minimum absolute atomic E-state index is 0.142. The van der Waals surface area contributed by atoms with Crippen molar-refractivity contribution < 1.29 is 22.7 Å². The zero-order valence-electron chi connectivity index (χ0n) is 8.91. The van der Waals surface area contributed by atoms with E-state index in [4.69, 9.17) is 4.74 Å². The highest BCUT2D eigenvalue weighted by Gasteiger charge is 2.45. The van der Waals surface area contributed by atoms with Crippen molar-refractivity contribution in [3.63, 3.8) is 0 Å². The fraction of sp³-hybridized carbons (Fsp3) is 0.250. The summed E-state index contributed by atoms with van der Waals surface area (Å²) in [5.41, 5.74) is 0.975. The third kappa shape index (κ3) is 2.18. The quantitative estimate of drug-likeness (QED) is 0.708. The number of carbonyl (C=O) groups is 1. The number of fused-ring (bicyclic) bond motifs is 1. The van der Waals surface area contributed by atoms with Crippen molar-refractivity contribution in [2.75, 3.05) is 0 Å². The molecule has 1 atom stereocenters. The van der Waals surface area contributed by atoms with E-state index < -0.39 is 17.9 Å². The van der Waals surface area contributed by atoms with Crippen LogP contribution in [0.15, 0.2) is 23.8 Å². The van der Waals surface area contributed by atoms with Gasteiger partial charge in [-0.15, -0.1) is 0 Å². The molecule has 0 aromatic heterocycles. The molecule has 5 heteroatoms. The fourth-order valence-corrected chi connectivity index (χ4v) is 1.69. The summed E-state index contributed by atoms with van der Waals surface area (Å²) >= 11 is 0. The van der Waals surface area contributed by atoms with Crippen LogP contribution in [0.25, 0.3) is 6.08 Å². The second-order valence-electron chi connectivity index (χ2n) is 3.84. The molecule has 2 nitrogen and oxygen atoms in total. The number of hydrogen-bond donors (Lipinski definition) is 0. The number of alkyl halides is 3. The number of halogens is 3. The molecule has 2 rings (SSSR count). The molecule has 0 saturated carbocycles. The van der Waals surface area contributed by atoms with Gasteiger partial charge in [-0.1, -0.05) is 11.6 Å². The van der Waals surface area contributed by atoms with Gasteiger partial charge in [0.1, 0.15) is 12.0 Å². The SMILES string of the molecule is Cc1ccc2c(c1)C=C(C=O)[C@@H](C(F)(F)F)O2. The molecule has 0 unspecified atom stereocenters. The van der Waals surface area contributed by atoms with E-state index in [1.807, 2.05) is 6.92 Å². The summed E-state index contributed by atoms with van der Waals surface area (Å²) in [5, 5.41) is 0. The molecule has 1 heterocycles. The van der Waals surface area contributed by atoms with E-state index >= 15 is 0 Å². The maximum Gasteiger partial charge on any atom is 0.429 e. The van der Waals surface area contributed by atoms with E-state index in [9.17, 15) is 18.0 Å². The average Bonchev–Trinajstić information content (AvgIpc) is 2.25. The van der Waals surface area contributed by atoms with Crippen LogP contribution in [-0.2, 0) is 4.79 Å². The molecule has 0 spiro atoms. The molecule has 17 heavy (non-hydrogen) atoms. The molecule has 1 aromatic carbocycles. The predicted molar refractivity (Wildman–Crippen MR) is 55.7 cm³/mol. The molecule has 0 aliphatic carbocycles. The van der Waals surface area contributed by atoms with Gasteiger partial charge in [0.25, 0.3) is 0 Å². The minimum Gasteiger partial charge on any atom is -0.475 e. The fourth-order valence-electron chi connectivity index (χ4n) is 1.69. The van der Waals surface area contributed by atoms with Gasteiger partial charge in [0.15, 0.2) is 0 Å². The zero-order chi connectivity index (χ0) is 12.6. The Morgan fingerprint density at radius 2 is 2.06 bits per heavy atom. The van der Waals surface area contributed by atoms with Crippen molar-refractivity contribution in [1.82, 2.24) is 0 Å². The van der Waals surface area contributed by atoms with Crippen molar-refractivity contribution in [2.45, 2.75) is 19.2 Å². The van der Waals surface area contributed by atoms with Crippen molar-refractivity contribution in [3.05, 3.63) is 34.9 Å². The summed E-state index contributed by atoms with van der Waals surface area (Å²) in [7, 11) is 0. The molecule has 1 aliphatic heterocycles. The molecule has 0 amide bonds. The number of aldehydes is 1. The minimum atomic E-state index is -4.59. The number of carbonyl (C=O) groups excluding carboxylic acids is 1. The van der Waals surface area contributed by atoms with E-state index in [-0.39, 0.29) is 12.0 Å². The molecule has 1 aromatic rings. The first-order chi connectivity index (χ1) is 7.91. The number of hydrogen-bond acceptors (Lipinski definition) is 2. The summed E-state index contributed by atoms with van der Waals surface area (Å²) in [6, 6.07) is 4.80. The molecule has 0 fully saturated rings. The first-order valence-electron chi connectivity index (χ1n) is 4.92. The lowest BCUT2D eigenvalue weighted by Crippen LogP contribution is -2.38. The lowest BCUT2D eigenvalue weighted by Gasteiger charge is -2.26. The Kier molecular flexibility index (Phi) is 2.69. The summed E-state index contributed by atoms with van der Waals surface area (Å²) in [6.45, 7) is 1.81. The first kappa shape index (κ1) is 11.7. The van der Waals surface area contributed by atoms with Crippen LogP contribution in [0.5, 0.6) is 5.75 Å². The van der Waals surface area contributed by atoms with Gasteiger partial charge >= 0.3 is 6.18 Å². The van der Waals surface area contributed by atoms with Crippen LogP contribution in [0.4, 0.5) is 13.2 Å². The molecule has 0 bridgehead atoms. The van der Waals surface area contributed by atoms with E-state index in [1.165, 1.54) is 12.1 Å². The second kappa shape index (κ2) is 3.91. The Balaban J connectivity index is 2.49. The van der Waals surface area contributed by atoms with E-state index in [1.54, 1.807) is 12.1 Å². The highest BCUT2D eigenvalue weighted by atomic mass is 19.4. The molecule has 90 valence electrons. The summed E-state index contributed by atoms with van der Waals surface area (Å²) in [5.74, 6) is 0.142. The van der Waals surface area contributed by atoms with Gasteiger partial charge in [-0.2, -0.15) is 13.2 Å². The van der Waals surface area contributed by atoms with Crippen LogP contribution in [0, 0.1) is 6.92 Å². The Morgan fingerprint density at radius 1 is 1.35 bits per heavy atom. The van der Waals surface area contributed by atoms with Gasteiger partial charge in [0.05, 0.1) is 0 Å². The first-order valence-corrected chi connectivity index (χ1v) is 4.92. The van der Waals surface area contributed by atoms with Crippen LogP contribution < -0.4 is 4.74 Å². The zero-order valence-corrected chi connectivity index (χ0v) is 8.91. The highest BCUT2D eigenvalue weighted by Crippen LogP contribution is 2.36. The summed E-state index contributed by atoms with van der Waals surface area (Å²) < 4.78 is 42.7. The third-order valence-electron chi connectivity index (χ3n) is 2.47. The van der Waals surface area contributed by atoms with Gasteiger partial charge in [0.2, 0.25) is 6.10 Å². The van der Waals surface area contributed by atoms with E-state index in [0.29, 0.717) is 5.56 Å².